The summed E-state index contributed by atoms with van der Waals surface area (Å²) < 4.78 is 10.4. The SMILES string of the molecule is Cc1ccc(Cl)c(OCC(=O)OCC(=O)c2ccc(-c3ccccc3)cc2)c1. The number of hydrogen-bond donors (Lipinski definition) is 0. The number of benzene rings is 3. The Kier molecular flexibility index (Phi) is 6.45. The van der Waals surface area contributed by atoms with Gasteiger partial charge in [0.05, 0.1) is 5.02 Å². The summed E-state index contributed by atoms with van der Waals surface area (Å²) in [6, 6.07) is 22.3. The first-order valence-corrected chi connectivity index (χ1v) is 9.14. The van der Waals surface area contributed by atoms with E-state index in [1.165, 1.54) is 0 Å². The van der Waals surface area contributed by atoms with Gasteiger partial charge < -0.3 is 9.47 Å². The van der Waals surface area contributed by atoms with E-state index < -0.39 is 5.97 Å². The topological polar surface area (TPSA) is 52.6 Å². The third-order valence-electron chi connectivity index (χ3n) is 4.11. The highest BCUT2D eigenvalue weighted by atomic mass is 35.5. The van der Waals surface area contributed by atoms with Gasteiger partial charge in [-0.15, -0.1) is 0 Å². The molecule has 5 heteroatoms. The standard InChI is InChI=1S/C23H19ClO4/c1-16-7-12-20(24)22(13-16)27-15-23(26)28-14-21(25)19-10-8-18(9-11-19)17-5-3-2-4-6-17/h2-13H,14-15H2,1H3. The minimum absolute atomic E-state index is 0.276. The quantitative estimate of drug-likeness (QED) is 0.412. The van der Waals surface area contributed by atoms with Crippen molar-refractivity contribution in [2.24, 2.45) is 0 Å². The van der Waals surface area contributed by atoms with Crippen LogP contribution in [0.15, 0.2) is 72.8 Å². The zero-order valence-electron chi connectivity index (χ0n) is 15.4. The van der Waals surface area contributed by atoms with E-state index >= 15 is 0 Å². The largest absolute Gasteiger partial charge is 0.480 e. The van der Waals surface area contributed by atoms with Gasteiger partial charge in [-0.05, 0) is 35.7 Å². The molecule has 4 nitrogen and oxygen atoms in total. The van der Waals surface area contributed by atoms with E-state index in [1.807, 2.05) is 55.5 Å². The van der Waals surface area contributed by atoms with E-state index in [0.29, 0.717) is 16.3 Å². The third kappa shape index (κ3) is 5.21. The predicted molar refractivity (Wildman–Crippen MR) is 109 cm³/mol. The van der Waals surface area contributed by atoms with E-state index in [-0.39, 0.29) is 19.0 Å². The van der Waals surface area contributed by atoms with Crippen molar-refractivity contribution in [3.63, 3.8) is 0 Å². The Labute approximate surface area is 168 Å². The summed E-state index contributed by atoms with van der Waals surface area (Å²) in [7, 11) is 0. The van der Waals surface area contributed by atoms with Gasteiger partial charge in [0.25, 0.3) is 0 Å². The van der Waals surface area contributed by atoms with Crippen LogP contribution in [0.5, 0.6) is 5.75 Å². The van der Waals surface area contributed by atoms with Crippen molar-refractivity contribution in [3.8, 4) is 16.9 Å². The van der Waals surface area contributed by atoms with Crippen molar-refractivity contribution in [3.05, 3.63) is 88.9 Å². The number of Topliss-reactive ketones (excluding diaryl/α,β-unsaturated/α-hetero) is 1. The van der Waals surface area contributed by atoms with Gasteiger partial charge in [0.1, 0.15) is 5.75 Å². The fourth-order valence-corrected chi connectivity index (χ4v) is 2.78. The lowest BCUT2D eigenvalue weighted by atomic mass is 10.0. The summed E-state index contributed by atoms with van der Waals surface area (Å²) in [5.74, 6) is -0.505. The lowest BCUT2D eigenvalue weighted by Gasteiger charge is -2.09. The third-order valence-corrected chi connectivity index (χ3v) is 4.42. The average Bonchev–Trinajstić information content (AvgIpc) is 2.73. The highest BCUT2D eigenvalue weighted by molar-refractivity contribution is 6.32. The van der Waals surface area contributed by atoms with Crippen LogP contribution >= 0.6 is 11.6 Å². The molecule has 142 valence electrons. The first-order valence-electron chi connectivity index (χ1n) is 8.76. The Morgan fingerprint density at radius 3 is 2.25 bits per heavy atom. The first-order chi connectivity index (χ1) is 13.5. The second-order valence-corrected chi connectivity index (χ2v) is 6.66. The molecule has 0 radical (unpaired) electrons. The molecule has 0 fully saturated rings. The highest BCUT2D eigenvalue weighted by Crippen LogP contribution is 2.25. The molecular formula is C23H19ClO4. The molecule has 0 amide bonds. The summed E-state index contributed by atoms with van der Waals surface area (Å²) in [6.07, 6.45) is 0. The smallest absolute Gasteiger partial charge is 0.344 e. The van der Waals surface area contributed by atoms with Crippen LogP contribution in [-0.2, 0) is 9.53 Å². The molecule has 0 bridgehead atoms. The van der Waals surface area contributed by atoms with Crippen LogP contribution in [0, 0.1) is 6.92 Å². The average molecular weight is 395 g/mol. The molecule has 0 aliphatic carbocycles. The lowest BCUT2D eigenvalue weighted by molar-refractivity contribution is -0.144. The number of rotatable bonds is 7. The van der Waals surface area contributed by atoms with Crippen LogP contribution in [0.3, 0.4) is 0 Å². The monoisotopic (exact) mass is 394 g/mol. The molecule has 0 aliphatic rings. The fourth-order valence-electron chi connectivity index (χ4n) is 2.61. The minimum Gasteiger partial charge on any atom is -0.480 e. The van der Waals surface area contributed by atoms with Gasteiger partial charge in [-0.3, -0.25) is 4.79 Å². The predicted octanol–water partition coefficient (Wildman–Crippen LogP) is 5.12. The van der Waals surface area contributed by atoms with E-state index in [4.69, 9.17) is 21.1 Å². The van der Waals surface area contributed by atoms with Crippen LogP contribution in [0.25, 0.3) is 11.1 Å². The fraction of sp³-hybridized carbons (Fsp3) is 0.130. The van der Waals surface area contributed by atoms with Crippen molar-refractivity contribution in [2.75, 3.05) is 13.2 Å². The molecule has 0 aliphatic heterocycles. The number of esters is 1. The molecule has 3 rings (SSSR count). The van der Waals surface area contributed by atoms with E-state index in [1.54, 1.807) is 24.3 Å². The number of ether oxygens (including phenoxy) is 2. The Bertz CT molecular complexity index is 966. The molecule has 0 atom stereocenters. The second kappa shape index (κ2) is 9.20. The first kappa shape index (κ1) is 19.6. The van der Waals surface area contributed by atoms with Gasteiger partial charge in [0, 0.05) is 5.56 Å². The van der Waals surface area contributed by atoms with Crippen molar-refractivity contribution in [2.45, 2.75) is 6.92 Å². The minimum atomic E-state index is -0.633. The molecule has 0 saturated heterocycles. The summed E-state index contributed by atoms with van der Waals surface area (Å²) in [6.45, 7) is 1.24. The summed E-state index contributed by atoms with van der Waals surface area (Å²) >= 11 is 6.01. The molecule has 0 unspecified atom stereocenters. The van der Waals surface area contributed by atoms with E-state index in [2.05, 4.69) is 0 Å². The van der Waals surface area contributed by atoms with Gasteiger partial charge in [-0.1, -0.05) is 72.3 Å². The maximum absolute atomic E-state index is 12.2. The van der Waals surface area contributed by atoms with Crippen molar-refractivity contribution in [1.82, 2.24) is 0 Å². The highest BCUT2D eigenvalue weighted by Gasteiger charge is 2.12. The summed E-state index contributed by atoms with van der Waals surface area (Å²) in [5.41, 5.74) is 3.52. The van der Waals surface area contributed by atoms with Crippen LogP contribution in [0.2, 0.25) is 5.02 Å². The normalized spacial score (nSPS) is 10.4. The van der Waals surface area contributed by atoms with Crippen molar-refractivity contribution >= 4 is 23.4 Å². The molecule has 3 aromatic rings. The number of carbonyl (C=O) groups excluding carboxylic acids is 2. The molecule has 0 N–H and O–H groups in total. The molecule has 3 aromatic carbocycles. The molecule has 0 aromatic heterocycles. The van der Waals surface area contributed by atoms with Crippen molar-refractivity contribution in [1.29, 1.82) is 0 Å². The molecule has 0 spiro atoms. The Morgan fingerprint density at radius 2 is 1.54 bits per heavy atom. The number of hydrogen-bond acceptors (Lipinski definition) is 4. The van der Waals surface area contributed by atoms with Gasteiger partial charge in [0.2, 0.25) is 0 Å². The number of carbonyl (C=O) groups is 2. The van der Waals surface area contributed by atoms with Crippen LogP contribution in [0.4, 0.5) is 0 Å². The molecule has 28 heavy (non-hydrogen) atoms. The van der Waals surface area contributed by atoms with Gasteiger partial charge >= 0.3 is 5.97 Å². The lowest BCUT2D eigenvalue weighted by Crippen LogP contribution is -2.19. The van der Waals surface area contributed by atoms with Crippen LogP contribution < -0.4 is 4.74 Å². The summed E-state index contributed by atoms with van der Waals surface area (Å²) in [5, 5.41) is 0.410. The number of aryl methyl sites for hydroxylation is 1. The number of ketones is 1. The number of halogens is 1. The molecule has 0 heterocycles. The van der Waals surface area contributed by atoms with Gasteiger partial charge in [-0.25, -0.2) is 4.79 Å². The maximum Gasteiger partial charge on any atom is 0.344 e. The maximum atomic E-state index is 12.2. The Morgan fingerprint density at radius 1 is 0.857 bits per heavy atom. The summed E-state index contributed by atoms with van der Waals surface area (Å²) in [4.78, 5) is 24.1. The second-order valence-electron chi connectivity index (χ2n) is 6.25. The van der Waals surface area contributed by atoms with Gasteiger partial charge in [0.15, 0.2) is 19.0 Å². The van der Waals surface area contributed by atoms with Gasteiger partial charge in [-0.2, -0.15) is 0 Å². The zero-order valence-corrected chi connectivity index (χ0v) is 16.1. The van der Waals surface area contributed by atoms with Crippen LogP contribution in [-0.4, -0.2) is 25.0 Å². The molecule has 0 saturated carbocycles. The zero-order chi connectivity index (χ0) is 19.9. The van der Waals surface area contributed by atoms with E-state index in [0.717, 1.165) is 16.7 Å². The Hall–Kier alpha value is -3.11. The van der Waals surface area contributed by atoms with E-state index in [9.17, 15) is 9.59 Å². The molecular weight excluding hydrogens is 376 g/mol. The Balaban J connectivity index is 1.51. The van der Waals surface area contributed by atoms with Crippen molar-refractivity contribution < 1.29 is 19.1 Å². The van der Waals surface area contributed by atoms with Crippen LogP contribution in [0.1, 0.15) is 15.9 Å².